The second-order valence-corrected chi connectivity index (χ2v) is 7.77. The summed E-state index contributed by atoms with van der Waals surface area (Å²) in [6.45, 7) is 1.06. The Balaban J connectivity index is 1.60. The van der Waals surface area contributed by atoms with Crippen LogP contribution >= 0.6 is 0 Å². The SMILES string of the molecule is NC(=O)C(c1cccnc1)c1ccc(NCc2ccncc2)nc1NCCc1cccc(F)c1. The third-order valence-electron chi connectivity index (χ3n) is 5.36. The van der Waals surface area contributed by atoms with Crippen LogP contribution in [0.4, 0.5) is 16.0 Å². The van der Waals surface area contributed by atoms with Crippen LogP contribution in [0.1, 0.15) is 28.2 Å². The van der Waals surface area contributed by atoms with Crippen molar-refractivity contribution in [3.8, 4) is 0 Å². The number of carbonyl (C=O) groups is 1. The largest absolute Gasteiger partial charge is 0.369 e. The zero-order valence-corrected chi connectivity index (χ0v) is 18.5. The molecule has 4 N–H and O–H groups in total. The standard InChI is InChI=1S/C26H25FN6O/c27-21-5-1-3-18(15-21)10-14-31-26-22(24(25(28)34)20-4-2-11-30-17-20)6-7-23(33-26)32-16-19-8-12-29-13-9-19/h1-9,11-13,15,17,24H,10,14,16H2,(H2,28,34)(H2,31,32,33). The lowest BCUT2D eigenvalue weighted by atomic mass is 9.92. The van der Waals surface area contributed by atoms with E-state index in [9.17, 15) is 9.18 Å². The summed E-state index contributed by atoms with van der Waals surface area (Å²) in [5, 5.41) is 6.61. The second kappa shape index (κ2) is 11.0. The minimum atomic E-state index is -0.716. The maximum atomic E-state index is 13.5. The van der Waals surface area contributed by atoms with E-state index >= 15 is 0 Å². The first-order valence-electron chi connectivity index (χ1n) is 10.9. The molecule has 1 unspecified atom stereocenters. The number of benzene rings is 1. The summed E-state index contributed by atoms with van der Waals surface area (Å²) >= 11 is 0. The summed E-state index contributed by atoms with van der Waals surface area (Å²) in [4.78, 5) is 25.3. The quantitative estimate of drug-likeness (QED) is 0.334. The first-order valence-corrected chi connectivity index (χ1v) is 10.9. The average molecular weight is 457 g/mol. The third kappa shape index (κ3) is 5.92. The molecule has 1 aromatic carbocycles. The van der Waals surface area contributed by atoms with E-state index in [0.717, 1.165) is 11.1 Å². The number of primary amides is 1. The molecule has 0 aliphatic carbocycles. The van der Waals surface area contributed by atoms with Gasteiger partial charge in [0.05, 0.1) is 5.92 Å². The Kier molecular flexibility index (Phi) is 7.39. The molecule has 0 spiro atoms. The Morgan fingerprint density at radius 3 is 2.53 bits per heavy atom. The van der Waals surface area contributed by atoms with Gasteiger partial charge in [0.15, 0.2) is 0 Å². The number of amides is 1. The Hall–Kier alpha value is -4.33. The monoisotopic (exact) mass is 456 g/mol. The Bertz CT molecular complexity index is 1240. The van der Waals surface area contributed by atoms with Crippen molar-refractivity contribution in [1.29, 1.82) is 0 Å². The fourth-order valence-electron chi connectivity index (χ4n) is 3.70. The molecule has 0 fully saturated rings. The van der Waals surface area contributed by atoms with Crippen LogP contribution < -0.4 is 16.4 Å². The molecular weight excluding hydrogens is 431 g/mol. The van der Waals surface area contributed by atoms with Crippen molar-refractivity contribution in [2.75, 3.05) is 17.2 Å². The van der Waals surface area contributed by atoms with E-state index in [-0.39, 0.29) is 5.82 Å². The van der Waals surface area contributed by atoms with Crippen LogP contribution in [0.3, 0.4) is 0 Å². The lowest BCUT2D eigenvalue weighted by Crippen LogP contribution is -2.24. The second-order valence-electron chi connectivity index (χ2n) is 7.77. The molecule has 34 heavy (non-hydrogen) atoms. The molecule has 0 aliphatic rings. The lowest BCUT2D eigenvalue weighted by Gasteiger charge is -2.19. The number of nitrogens with two attached hydrogens (primary N) is 1. The van der Waals surface area contributed by atoms with Gasteiger partial charge in [0.1, 0.15) is 17.5 Å². The highest BCUT2D eigenvalue weighted by molar-refractivity contribution is 5.87. The fraction of sp³-hybridized carbons (Fsp3) is 0.154. The summed E-state index contributed by atoms with van der Waals surface area (Å²) in [5.74, 6) is -0.316. The summed E-state index contributed by atoms with van der Waals surface area (Å²) in [5.41, 5.74) is 9.05. The summed E-state index contributed by atoms with van der Waals surface area (Å²) < 4.78 is 13.5. The van der Waals surface area contributed by atoms with E-state index < -0.39 is 11.8 Å². The molecule has 4 aromatic rings. The molecule has 4 rings (SSSR count). The average Bonchev–Trinajstić information content (AvgIpc) is 2.85. The number of nitrogens with zero attached hydrogens (tertiary/aromatic N) is 3. The Morgan fingerprint density at radius 2 is 1.79 bits per heavy atom. The number of nitrogens with one attached hydrogen (secondary N) is 2. The van der Waals surface area contributed by atoms with E-state index in [1.54, 1.807) is 36.9 Å². The number of anilines is 2. The van der Waals surface area contributed by atoms with Crippen molar-refractivity contribution in [2.45, 2.75) is 18.9 Å². The van der Waals surface area contributed by atoms with Gasteiger partial charge < -0.3 is 16.4 Å². The van der Waals surface area contributed by atoms with Gasteiger partial charge in [0.2, 0.25) is 5.91 Å². The third-order valence-corrected chi connectivity index (χ3v) is 5.36. The first kappa shape index (κ1) is 22.8. The molecule has 7 nitrogen and oxygen atoms in total. The maximum Gasteiger partial charge on any atom is 0.229 e. The normalized spacial score (nSPS) is 11.6. The van der Waals surface area contributed by atoms with Crippen molar-refractivity contribution in [3.63, 3.8) is 0 Å². The molecule has 1 atom stereocenters. The zero-order valence-electron chi connectivity index (χ0n) is 18.5. The van der Waals surface area contributed by atoms with Gasteiger partial charge in [-0.05, 0) is 59.5 Å². The summed E-state index contributed by atoms with van der Waals surface area (Å²) in [6.07, 6.45) is 7.32. The van der Waals surface area contributed by atoms with E-state index in [1.807, 2.05) is 36.4 Å². The van der Waals surface area contributed by atoms with Gasteiger partial charge in [-0.2, -0.15) is 0 Å². The van der Waals surface area contributed by atoms with Crippen molar-refractivity contribution >= 4 is 17.5 Å². The molecular formula is C26H25FN6O. The summed E-state index contributed by atoms with van der Waals surface area (Å²) in [7, 11) is 0. The van der Waals surface area contributed by atoms with E-state index in [4.69, 9.17) is 10.7 Å². The first-order chi connectivity index (χ1) is 16.6. The van der Waals surface area contributed by atoms with E-state index in [0.29, 0.717) is 42.3 Å². The van der Waals surface area contributed by atoms with Crippen LogP contribution in [0, 0.1) is 5.82 Å². The molecule has 172 valence electrons. The molecule has 0 bridgehead atoms. The summed E-state index contributed by atoms with van der Waals surface area (Å²) in [6, 6.07) is 17.6. The van der Waals surface area contributed by atoms with Gasteiger partial charge in [-0.25, -0.2) is 9.37 Å². The Labute approximate surface area is 197 Å². The van der Waals surface area contributed by atoms with Crippen LogP contribution in [-0.4, -0.2) is 27.4 Å². The molecule has 0 radical (unpaired) electrons. The van der Waals surface area contributed by atoms with E-state index in [2.05, 4.69) is 20.6 Å². The van der Waals surface area contributed by atoms with Gasteiger partial charge in [-0.15, -0.1) is 0 Å². The van der Waals surface area contributed by atoms with Crippen molar-refractivity contribution in [3.05, 3.63) is 114 Å². The van der Waals surface area contributed by atoms with Crippen LogP contribution in [0.25, 0.3) is 0 Å². The lowest BCUT2D eigenvalue weighted by molar-refractivity contribution is -0.118. The van der Waals surface area contributed by atoms with Crippen LogP contribution in [-0.2, 0) is 17.8 Å². The highest BCUT2D eigenvalue weighted by Crippen LogP contribution is 2.30. The van der Waals surface area contributed by atoms with Crippen molar-refractivity contribution in [2.24, 2.45) is 5.73 Å². The van der Waals surface area contributed by atoms with Crippen molar-refractivity contribution in [1.82, 2.24) is 15.0 Å². The molecule has 0 aliphatic heterocycles. The topological polar surface area (TPSA) is 106 Å². The van der Waals surface area contributed by atoms with Gasteiger partial charge >= 0.3 is 0 Å². The highest BCUT2D eigenvalue weighted by Gasteiger charge is 2.24. The number of halogens is 1. The fourth-order valence-corrected chi connectivity index (χ4v) is 3.70. The molecule has 0 saturated carbocycles. The van der Waals surface area contributed by atoms with Crippen molar-refractivity contribution < 1.29 is 9.18 Å². The number of rotatable bonds is 10. The molecule has 1 amide bonds. The van der Waals surface area contributed by atoms with Crippen LogP contribution in [0.15, 0.2) is 85.5 Å². The van der Waals surface area contributed by atoms with E-state index in [1.165, 1.54) is 12.1 Å². The Morgan fingerprint density at radius 1 is 0.941 bits per heavy atom. The smallest absolute Gasteiger partial charge is 0.229 e. The number of hydrogen-bond donors (Lipinski definition) is 3. The predicted molar refractivity (Wildman–Crippen MR) is 130 cm³/mol. The molecule has 3 heterocycles. The molecule has 8 heteroatoms. The number of pyridine rings is 3. The zero-order chi connectivity index (χ0) is 23.8. The van der Waals surface area contributed by atoms with Gasteiger partial charge in [0.25, 0.3) is 0 Å². The highest BCUT2D eigenvalue weighted by atomic mass is 19.1. The number of carbonyl (C=O) groups excluding carboxylic acids is 1. The molecule has 0 saturated heterocycles. The number of aromatic nitrogens is 3. The predicted octanol–water partition coefficient (Wildman–Crippen LogP) is 3.89. The number of hydrogen-bond acceptors (Lipinski definition) is 6. The maximum absolute atomic E-state index is 13.5. The van der Waals surface area contributed by atoms with Gasteiger partial charge in [-0.3, -0.25) is 14.8 Å². The minimum Gasteiger partial charge on any atom is -0.369 e. The van der Waals surface area contributed by atoms with Crippen LogP contribution in [0.5, 0.6) is 0 Å². The van der Waals surface area contributed by atoms with Gasteiger partial charge in [0, 0.05) is 43.4 Å². The van der Waals surface area contributed by atoms with Gasteiger partial charge in [-0.1, -0.05) is 24.3 Å². The molecule has 3 aromatic heterocycles. The van der Waals surface area contributed by atoms with Crippen LogP contribution in [0.2, 0.25) is 0 Å². The minimum absolute atomic E-state index is 0.274.